The molecule has 3 N–H and O–H groups in total. The van der Waals surface area contributed by atoms with E-state index in [1.807, 2.05) is 0 Å². The molecule has 1 aliphatic carbocycles. The number of carbonyl (C=O) groups is 1. The molecule has 0 aromatic heterocycles. The van der Waals surface area contributed by atoms with Crippen LogP contribution in [0.15, 0.2) is 24.3 Å². The van der Waals surface area contributed by atoms with Crippen molar-refractivity contribution in [2.75, 3.05) is 25.5 Å². The Morgan fingerprint density at radius 2 is 2.26 bits per heavy atom. The summed E-state index contributed by atoms with van der Waals surface area (Å²) >= 11 is 0. The number of rotatable bonds is 6. The number of aliphatic hydroxyl groups is 1. The fraction of sp³-hybridized carbons (Fsp3) is 0.500. The first kappa shape index (κ1) is 13.7. The van der Waals surface area contributed by atoms with Crippen molar-refractivity contribution in [2.45, 2.75) is 25.3 Å². The molecule has 5 heteroatoms. The maximum absolute atomic E-state index is 12.1. The summed E-state index contributed by atoms with van der Waals surface area (Å²) in [7, 11) is 0. The minimum atomic E-state index is -0.0822. The minimum absolute atomic E-state index is 0.0134. The van der Waals surface area contributed by atoms with Crippen molar-refractivity contribution in [2.24, 2.45) is 0 Å². The van der Waals surface area contributed by atoms with Crippen LogP contribution in [0.5, 0.6) is 5.75 Å². The number of hydrogen-bond acceptors (Lipinski definition) is 4. The zero-order valence-corrected chi connectivity index (χ0v) is 10.9. The molecule has 1 aliphatic rings. The van der Waals surface area contributed by atoms with Crippen molar-refractivity contribution < 1.29 is 14.6 Å². The summed E-state index contributed by atoms with van der Waals surface area (Å²) in [6.07, 6.45) is 3.18. The Bertz CT molecular complexity index is 432. The number of benzene rings is 1. The summed E-state index contributed by atoms with van der Waals surface area (Å²) < 4.78 is 5.44. The Hall–Kier alpha value is -1.75. The number of nitrogens with zero attached hydrogens (tertiary/aromatic N) is 1. The first-order chi connectivity index (χ1) is 9.20. The number of carbonyl (C=O) groups excluding carboxylic acids is 1. The van der Waals surface area contributed by atoms with E-state index >= 15 is 0 Å². The minimum Gasteiger partial charge on any atom is -0.484 e. The van der Waals surface area contributed by atoms with Crippen LogP contribution in [-0.4, -0.2) is 41.7 Å². The van der Waals surface area contributed by atoms with E-state index < -0.39 is 0 Å². The van der Waals surface area contributed by atoms with Gasteiger partial charge in [-0.3, -0.25) is 4.79 Å². The molecule has 1 fully saturated rings. The molecular formula is C14H20N2O3. The molecule has 0 atom stereocenters. The van der Waals surface area contributed by atoms with Gasteiger partial charge in [-0.25, -0.2) is 0 Å². The van der Waals surface area contributed by atoms with Gasteiger partial charge < -0.3 is 20.5 Å². The summed E-state index contributed by atoms with van der Waals surface area (Å²) in [4.78, 5) is 13.8. The summed E-state index contributed by atoms with van der Waals surface area (Å²) in [5.74, 6) is 0.507. The molecule has 0 bridgehead atoms. The Morgan fingerprint density at radius 1 is 1.47 bits per heavy atom. The number of hydrogen-bond donors (Lipinski definition) is 2. The van der Waals surface area contributed by atoms with Gasteiger partial charge in [-0.05, 0) is 31.4 Å². The Balaban J connectivity index is 1.88. The van der Waals surface area contributed by atoms with Crippen LogP contribution in [0.3, 0.4) is 0 Å². The second-order valence-electron chi connectivity index (χ2n) is 4.76. The quantitative estimate of drug-likeness (QED) is 0.752. The van der Waals surface area contributed by atoms with Crippen LogP contribution in [0.2, 0.25) is 0 Å². The predicted molar refractivity (Wildman–Crippen MR) is 72.8 cm³/mol. The first-order valence-corrected chi connectivity index (χ1v) is 6.59. The SMILES string of the molecule is Nc1cccc(OCC(=O)N(CCO)C2CCC2)c1. The third-order valence-corrected chi connectivity index (χ3v) is 3.40. The van der Waals surface area contributed by atoms with E-state index in [4.69, 9.17) is 15.6 Å². The van der Waals surface area contributed by atoms with Crippen molar-refractivity contribution in [3.8, 4) is 5.75 Å². The first-order valence-electron chi connectivity index (χ1n) is 6.59. The average molecular weight is 264 g/mol. The number of nitrogen functional groups attached to an aromatic ring is 1. The maximum atomic E-state index is 12.1. The molecule has 5 nitrogen and oxygen atoms in total. The van der Waals surface area contributed by atoms with E-state index in [1.165, 1.54) is 0 Å². The van der Waals surface area contributed by atoms with Gasteiger partial charge in [-0.15, -0.1) is 0 Å². The Kier molecular flexibility index (Phi) is 4.63. The van der Waals surface area contributed by atoms with Crippen molar-refractivity contribution in [3.63, 3.8) is 0 Å². The molecule has 0 saturated heterocycles. The van der Waals surface area contributed by atoms with Gasteiger partial charge in [0.2, 0.25) is 0 Å². The molecule has 1 aromatic carbocycles. The lowest BCUT2D eigenvalue weighted by atomic mass is 9.91. The van der Waals surface area contributed by atoms with Crippen LogP contribution in [-0.2, 0) is 4.79 Å². The van der Waals surface area contributed by atoms with Gasteiger partial charge >= 0.3 is 0 Å². The standard InChI is InChI=1S/C14H20N2O3/c15-11-3-1-6-13(9-11)19-10-14(18)16(7-8-17)12-4-2-5-12/h1,3,6,9,12,17H,2,4-5,7-8,10,15H2. The smallest absolute Gasteiger partial charge is 0.260 e. The van der Waals surface area contributed by atoms with E-state index in [1.54, 1.807) is 29.2 Å². The highest BCUT2D eigenvalue weighted by molar-refractivity contribution is 5.78. The topological polar surface area (TPSA) is 75.8 Å². The molecule has 104 valence electrons. The zero-order valence-electron chi connectivity index (χ0n) is 10.9. The largest absolute Gasteiger partial charge is 0.484 e. The van der Waals surface area contributed by atoms with Crippen molar-refractivity contribution in [1.82, 2.24) is 4.90 Å². The van der Waals surface area contributed by atoms with Crippen molar-refractivity contribution in [3.05, 3.63) is 24.3 Å². The maximum Gasteiger partial charge on any atom is 0.260 e. The van der Waals surface area contributed by atoms with E-state index in [2.05, 4.69) is 0 Å². The average Bonchev–Trinajstić information content (AvgIpc) is 2.33. The lowest BCUT2D eigenvalue weighted by Crippen LogP contribution is -2.47. The third-order valence-electron chi connectivity index (χ3n) is 3.40. The predicted octanol–water partition coefficient (Wildman–Crippen LogP) is 1.02. The highest BCUT2D eigenvalue weighted by Crippen LogP contribution is 2.24. The number of aliphatic hydroxyl groups excluding tert-OH is 1. The summed E-state index contributed by atoms with van der Waals surface area (Å²) in [5, 5.41) is 9.02. The van der Waals surface area contributed by atoms with Gasteiger partial charge in [0.15, 0.2) is 6.61 Å². The van der Waals surface area contributed by atoms with Gasteiger partial charge in [-0.2, -0.15) is 0 Å². The van der Waals surface area contributed by atoms with Crippen LogP contribution >= 0.6 is 0 Å². The summed E-state index contributed by atoms with van der Waals surface area (Å²) in [6, 6.07) is 7.27. The third kappa shape index (κ3) is 3.61. The van der Waals surface area contributed by atoms with E-state index in [9.17, 15) is 4.79 Å². The monoisotopic (exact) mass is 264 g/mol. The second-order valence-corrected chi connectivity index (χ2v) is 4.76. The molecule has 0 heterocycles. The summed E-state index contributed by atoms with van der Waals surface area (Å²) in [5.41, 5.74) is 6.25. The number of ether oxygens (including phenoxy) is 1. The van der Waals surface area contributed by atoms with Crippen LogP contribution in [0.25, 0.3) is 0 Å². The Labute approximate surface area is 113 Å². The highest BCUT2D eigenvalue weighted by atomic mass is 16.5. The van der Waals surface area contributed by atoms with Crippen LogP contribution in [0, 0.1) is 0 Å². The number of amides is 1. The number of anilines is 1. The molecule has 0 spiro atoms. The lowest BCUT2D eigenvalue weighted by molar-refractivity contribution is -0.138. The highest BCUT2D eigenvalue weighted by Gasteiger charge is 2.28. The molecule has 0 aliphatic heterocycles. The van der Waals surface area contributed by atoms with E-state index in [0.717, 1.165) is 19.3 Å². The molecule has 2 rings (SSSR count). The van der Waals surface area contributed by atoms with Gasteiger partial charge in [0.25, 0.3) is 5.91 Å². The summed E-state index contributed by atoms with van der Waals surface area (Å²) in [6.45, 7) is 0.351. The van der Waals surface area contributed by atoms with Gasteiger partial charge in [0.1, 0.15) is 5.75 Å². The molecular weight excluding hydrogens is 244 g/mol. The van der Waals surface area contributed by atoms with Crippen LogP contribution in [0.1, 0.15) is 19.3 Å². The van der Waals surface area contributed by atoms with E-state index in [-0.39, 0.29) is 25.2 Å². The second kappa shape index (κ2) is 6.43. The molecule has 1 amide bonds. The molecule has 19 heavy (non-hydrogen) atoms. The molecule has 0 unspecified atom stereocenters. The van der Waals surface area contributed by atoms with Gasteiger partial charge in [0.05, 0.1) is 6.61 Å². The molecule has 1 aromatic rings. The number of nitrogens with two attached hydrogens (primary N) is 1. The lowest BCUT2D eigenvalue weighted by Gasteiger charge is -2.37. The molecule has 0 radical (unpaired) electrons. The molecule has 1 saturated carbocycles. The van der Waals surface area contributed by atoms with Gasteiger partial charge in [0, 0.05) is 24.3 Å². The fourth-order valence-corrected chi connectivity index (χ4v) is 2.15. The fourth-order valence-electron chi connectivity index (χ4n) is 2.15. The zero-order chi connectivity index (χ0) is 13.7. The van der Waals surface area contributed by atoms with Crippen molar-refractivity contribution >= 4 is 11.6 Å². The van der Waals surface area contributed by atoms with Gasteiger partial charge in [-0.1, -0.05) is 6.07 Å². The van der Waals surface area contributed by atoms with E-state index in [0.29, 0.717) is 18.0 Å². The van der Waals surface area contributed by atoms with Crippen LogP contribution < -0.4 is 10.5 Å². The normalized spacial score (nSPS) is 14.8. The Morgan fingerprint density at radius 3 is 2.84 bits per heavy atom. The van der Waals surface area contributed by atoms with Crippen LogP contribution in [0.4, 0.5) is 5.69 Å². The van der Waals surface area contributed by atoms with Crippen molar-refractivity contribution in [1.29, 1.82) is 0 Å².